The number of amides is 1. The van der Waals surface area contributed by atoms with Gasteiger partial charge in [-0.25, -0.2) is 9.59 Å². The monoisotopic (exact) mass is 478 g/mol. The van der Waals surface area contributed by atoms with Crippen LogP contribution in [0.15, 0.2) is 42.5 Å². The van der Waals surface area contributed by atoms with Gasteiger partial charge < -0.3 is 14.6 Å². The number of ether oxygens (including phenoxy) is 2. The van der Waals surface area contributed by atoms with Crippen LogP contribution in [0.2, 0.25) is 0 Å². The minimum Gasteiger partial charge on any atom is -0.496 e. The lowest BCUT2D eigenvalue weighted by Gasteiger charge is -2.37. The average Bonchev–Trinajstić information content (AvgIpc) is 3.09. The van der Waals surface area contributed by atoms with Crippen molar-refractivity contribution >= 4 is 12.1 Å². The Morgan fingerprint density at radius 2 is 1.74 bits per heavy atom. The Balaban J connectivity index is 1.34. The average molecular weight is 478 g/mol. The standard InChI is InChI=1S/C24H25F3N2O5/c1-33-20-12-17(4-7-19(20)21(30)31)14-29-15-23(34-22(29)32)8-10-28(11-9-23)13-16-2-5-18(6-3-16)24(25,26)27/h2-7,12H,8-11,13-15H2,1H3,(H,30,31). The number of aromatic carboxylic acids is 1. The van der Waals surface area contributed by atoms with Gasteiger partial charge in [0.2, 0.25) is 0 Å². The van der Waals surface area contributed by atoms with Crippen molar-refractivity contribution in [1.29, 1.82) is 0 Å². The van der Waals surface area contributed by atoms with Gasteiger partial charge in [-0.05, 0) is 35.4 Å². The molecule has 2 aliphatic heterocycles. The van der Waals surface area contributed by atoms with Gasteiger partial charge in [-0.2, -0.15) is 13.2 Å². The summed E-state index contributed by atoms with van der Waals surface area (Å²) >= 11 is 0. The van der Waals surface area contributed by atoms with Crippen LogP contribution in [-0.4, -0.2) is 59.3 Å². The summed E-state index contributed by atoms with van der Waals surface area (Å²) in [5.74, 6) is -0.866. The van der Waals surface area contributed by atoms with Crippen molar-refractivity contribution in [2.45, 2.75) is 37.7 Å². The summed E-state index contributed by atoms with van der Waals surface area (Å²) in [4.78, 5) is 27.6. The highest BCUT2D eigenvalue weighted by atomic mass is 19.4. The first-order valence-electron chi connectivity index (χ1n) is 10.9. The van der Waals surface area contributed by atoms with Gasteiger partial charge in [0, 0.05) is 39.0 Å². The predicted octanol–water partition coefficient (Wildman–Crippen LogP) is 4.40. The normalized spacial score (nSPS) is 18.2. The third kappa shape index (κ3) is 5.11. The van der Waals surface area contributed by atoms with Crippen LogP contribution in [-0.2, 0) is 24.0 Å². The van der Waals surface area contributed by atoms with E-state index in [1.165, 1.54) is 25.3 Å². The molecule has 0 aromatic heterocycles. The molecule has 0 unspecified atom stereocenters. The topological polar surface area (TPSA) is 79.3 Å². The van der Waals surface area contributed by atoms with Gasteiger partial charge in [0.05, 0.1) is 19.2 Å². The van der Waals surface area contributed by atoms with E-state index in [9.17, 15) is 27.9 Å². The maximum atomic E-state index is 12.8. The van der Waals surface area contributed by atoms with Crippen LogP contribution in [0.25, 0.3) is 0 Å². The first-order valence-corrected chi connectivity index (χ1v) is 10.9. The van der Waals surface area contributed by atoms with Gasteiger partial charge in [-0.15, -0.1) is 0 Å². The molecule has 1 spiro atoms. The number of alkyl halides is 3. The van der Waals surface area contributed by atoms with Crippen LogP contribution < -0.4 is 4.74 Å². The van der Waals surface area contributed by atoms with Crippen molar-refractivity contribution in [3.8, 4) is 5.75 Å². The Morgan fingerprint density at radius 3 is 2.32 bits per heavy atom. The van der Waals surface area contributed by atoms with Gasteiger partial charge in [0.1, 0.15) is 16.9 Å². The molecule has 2 aromatic rings. The number of rotatable bonds is 6. The van der Waals surface area contributed by atoms with Crippen molar-refractivity contribution in [2.75, 3.05) is 26.7 Å². The van der Waals surface area contributed by atoms with Gasteiger partial charge in [-0.3, -0.25) is 9.80 Å². The van der Waals surface area contributed by atoms with E-state index in [0.717, 1.165) is 23.3 Å². The summed E-state index contributed by atoms with van der Waals surface area (Å²) < 4.78 is 49.2. The molecule has 4 rings (SSSR count). The zero-order chi connectivity index (χ0) is 24.5. The fraction of sp³-hybridized carbons (Fsp3) is 0.417. The molecule has 2 heterocycles. The first kappa shape index (κ1) is 23.9. The van der Waals surface area contributed by atoms with E-state index >= 15 is 0 Å². The Bertz CT molecular complexity index is 1060. The first-order chi connectivity index (χ1) is 16.1. The van der Waals surface area contributed by atoms with Crippen molar-refractivity contribution in [1.82, 2.24) is 9.80 Å². The number of hydrogen-bond acceptors (Lipinski definition) is 5. The molecule has 1 N–H and O–H groups in total. The number of carbonyl (C=O) groups is 2. The van der Waals surface area contributed by atoms with E-state index in [2.05, 4.69) is 4.90 Å². The van der Waals surface area contributed by atoms with E-state index in [0.29, 0.717) is 39.0 Å². The van der Waals surface area contributed by atoms with Crippen LogP contribution >= 0.6 is 0 Å². The van der Waals surface area contributed by atoms with E-state index in [-0.39, 0.29) is 17.9 Å². The van der Waals surface area contributed by atoms with Gasteiger partial charge in [-0.1, -0.05) is 18.2 Å². The minimum absolute atomic E-state index is 0.0483. The highest BCUT2D eigenvalue weighted by Gasteiger charge is 2.46. The highest BCUT2D eigenvalue weighted by molar-refractivity contribution is 5.91. The number of hydrogen-bond donors (Lipinski definition) is 1. The molecule has 34 heavy (non-hydrogen) atoms. The van der Waals surface area contributed by atoms with Crippen molar-refractivity contribution in [3.05, 3.63) is 64.7 Å². The van der Waals surface area contributed by atoms with E-state index < -0.39 is 29.4 Å². The largest absolute Gasteiger partial charge is 0.496 e. The van der Waals surface area contributed by atoms with Crippen LogP contribution in [0.5, 0.6) is 5.75 Å². The fourth-order valence-corrected chi connectivity index (χ4v) is 4.48. The second-order valence-corrected chi connectivity index (χ2v) is 8.72. The number of carboxylic acids is 1. The van der Waals surface area contributed by atoms with Gasteiger partial charge in [0.25, 0.3) is 0 Å². The third-order valence-corrected chi connectivity index (χ3v) is 6.37. The molecule has 2 fully saturated rings. The number of carboxylic acid groups (broad SMARTS) is 1. The molecule has 10 heteroatoms. The second kappa shape index (κ2) is 9.17. The summed E-state index contributed by atoms with van der Waals surface area (Å²) in [5.41, 5.74) is 0.316. The van der Waals surface area contributed by atoms with Crippen LogP contribution in [0.1, 0.15) is 39.9 Å². The number of halogens is 3. The molecule has 2 aliphatic rings. The molecule has 1 amide bonds. The van der Waals surface area contributed by atoms with Gasteiger partial charge in [0.15, 0.2) is 0 Å². The van der Waals surface area contributed by atoms with Crippen LogP contribution in [0.3, 0.4) is 0 Å². The predicted molar refractivity (Wildman–Crippen MR) is 116 cm³/mol. The number of methoxy groups -OCH3 is 1. The second-order valence-electron chi connectivity index (χ2n) is 8.72. The van der Waals surface area contributed by atoms with Crippen molar-refractivity contribution in [2.24, 2.45) is 0 Å². The summed E-state index contributed by atoms with van der Waals surface area (Å²) in [6.45, 7) is 2.53. The van der Waals surface area contributed by atoms with E-state index in [1.54, 1.807) is 17.0 Å². The number of nitrogens with zero attached hydrogens (tertiary/aromatic N) is 2. The van der Waals surface area contributed by atoms with E-state index in [1.807, 2.05) is 0 Å². The number of piperidine rings is 1. The Kier molecular flexibility index (Phi) is 6.44. The maximum Gasteiger partial charge on any atom is 0.416 e. The summed E-state index contributed by atoms with van der Waals surface area (Å²) in [5, 5.41) is 9.23. The fourth-order valence-electron chi connectivity index (χ4n) is 4.48. The molecule has 2 saturated heterocycles. The molecule has 0 bridgehead atoms. The molecule has 0 radical (unpaired) electrons. The number of carbonyl (C=O) groups excluding carboxylic acids is 1. The maximum absolute atomic E-state index is 12.8. The van der Waals surface area contributed by atoms with Crippen LogP contribution in [0.4, 0.5) is 18.0 Å². The molecule has 0 atom stereocenters. The van der Waals surface area contributed by atoms with Gasteiger partial charge >= 0.3 is 18.2 Å². The van der Waals surface area contributed by atoms with Crippen LogP contribution in [0, 0.1) is 0 Å². The molecule has 182 valence electrons. The molecule has 2 aromatic carbocycles. The number of likely N-dealkylation sites (tertiary alicyclic amines) is 1. The minimum atomic E-state index is -4.35. The Morgan fingerprint density at radius 1 is 1.09 bits per heavy atom. The summed E-state index contributed by atoms with van der Waals surface area (Å²) in [6, 6.07) is 9.88. The lowest BCUT2D eigenvalue weighted by atomic mass is 9.91. The zero-order valence-electron chi connectivity index (χ0n) is 18.6. The highest BCUT2D eigenvalue weighted by Crippen LogP contribution is 2.35. The molecular weight excluding hydrogens is 453 g/mol. The lowest BCUT2D eigenvalue weighted by Crippen LogP contribution is -2.46. The zero-order valence-corrected chi connectivity index (χ0v) is 18.6. The quantitative estimate of drug-likeness (QED) is 0.663. The third-order valence-electron chi connectivity index (χ3n) is 6.37. The summed E-state index contributed by atoms with van der Waals surface area (Å²) in [7, 11) is 1.39. The smallest absolute Gasteiger partial charge is 0.416 e. The van der Waals surface area contributed by atoms with E-state index in [4.69, 9.17) is 9.47 Å². The Hall–Kier alpha value is -3.27. The van der Waals surface area contributed by atoms with Crippen molar-refractivity contribution in [3.63, 3.8) is 0 Å². The lowest BCUT2D eigenvalue weighted by molar-refractivity contribution is -0.137. The SMILES string of the molecule is COc1cc(CN2CC3(CCN(Cc4ccc(C(F)(F)F)cc4)CC3)OC2=O)ccc1C(=O)O. The molecule has 0 saturated carbocycles. The van der Waals surface area contributed by atoms with Crippen molar-refractivity contribution < 1.29 is 37.3 Å². The summed E-state index contributed by atoms with van der Waals surface area (Å²) in [6.07, 6.45) is -3.52. The Labute approximate surface area is 194 Å². The molecular formula is C24H25F3N2O5. The number of benzene rings is 2. The molecule has 0 aliphatic carbocycles. The molecule has 7 nitrogen and oxygen atoms in total.